The minimum Gasteiger partial charge on any atom is -0.457 e. The summed E-state index contributed by atoms with van der Waals surface area (Å²) in [6.07, 6.45) is 1.55. The molecule has 0 N–H and O–H groups in total. The number of carbonyl (C=O) groups excluding carboxylic acids is 1. The molecule has 0 saturated carbocycles. The monoisotopic (exact) mass is 290 g/mol. The Labute approximate surface area is 123 Å². The van der Waals surface area contributed by atoms with Crippen molar-refractivity contribution in [1.82, 2.24) is 0 Å². The van der Waals surface area contributed by atoms with Gasteiger partial charge >= 0.3 is 0 Å². The van der Waals surface area contributed by atoms with Gasteiger partial charge in [-0.2, -0.15) is 0 Å². The van der Waals surface area contributed by atoms with E-state index < -0.39 is 0 Å². The average Bonchev–Trinajstić information content (AvgIpc) is 2.47. The number of benzene rings is 2. The van der Waals surface area contributed by atoms with Crippen LogP contribution in [0.3, 0.4) is 0 Å². The van der Waals surface area contributed by atoms with Gasteiger partial charge in [-0.1, -0.05) is 29.8 Å². The maximum Gasteiger partial charge on any atom is 0.155 e. The first-order valence-corrected chi connectivity index (χ1v) is 6.62. The van der Waals surface area contributed by atoms with E-state index in [1.807, 2.05) is 24.3 Å². The fourth-order valence-electron chi connectivity index (χ4n) is 1.79. The summed E-state index contributed by atoms with van der Waals surface area (Å²) >= 11 is 5.95. The molecular weight excluding hydrogens is 276 g/mol. The fourth-order valence-corrected chi connectivity index (χ4v) is 2.00. The maximum absolute atomic E-state index is 11.0. The number of ether oxygens (including phenoxy) is 2. The highest BCUT2D eigenvalue weighted by molar-refractivity contribution is 6.33. The van der Waals surface area contributed by atoms with E-state index >= 15 is 0 Å². The summed E-state index contributed by atoms with van der Waals surface area (Å²) < 4.78 is 10.7. The van der Waals surface area contributed by atoms with Crippen molar-refractivity contribution in [3.63, 3.8) is 0 Å². The van der Waals surface area contributed by atoms with Crippen molar-refractivity contribution >= 4 is 17.9 Å². The molecule has 104 valence electrons. The molecule has 0 bridgehead atoms. The minimum absolute atomic E-state index is 0.359. The summed E-state index contributed by atoms with van der Waals surface area (Å²) in [5.41, 5.74) is 1.53. The van der Waals surface area contributed by atoms with Gasteiger partial charge in [0.15, 0.2) is 6.29 Å². The first kappa shape index (κ1) is 14.6. The van der Waals surface area contributed by atoms with Gasteiger partial charge in [-0.25, -0.2) is 0 Å². The van der Waals surface area contributed by atoms with Crippen LogP contribution in [0.15, 0.2) is 42.5 Å². The Balaban J connectivity index is 2.14. The maximum atomic E-state index is 11.0. The third-order valence-corrected chi connectivity index (χ3v) is 3.21. The lowest BCUT2D eigenvalue weighted by Gasteiger charge is -2.09. The smallest absolute Gasteiger partial charge is 0.155 e. The van der Waals surface area contributed by atoms with Crippen LogP contribution in [-0.4, -0.2) is 20.0 Å². The summed E-state index contributed by atoms with van der Waals surface area (Å²) in [6, 6.07) is 12.8. The highest BCUT2D eigenvalue weighted by atomic mass is 35.5. The van der Waals surface area contributed by atoms with E-state index in [0.717, 1.165) is 6.42 Å². The third kappa shape index (κ3) is 3.59. The van der Waals surface area contributed by atoms with E-state index in [4.69, 9.17) is 21.1 Å². The largest absolute Gasteiger partial charge is 0.457 e. The van der Waals surface area contributed by atoms with Crippen molar-refractivity contribution in [2.75, 3.05) is 13.7 Å². The molecule has 0 aromatic heterocycles. The Morgan fingerprint density at radius 3 is 2.55 bits per heavy atom. The van der Waals surface area contributed by atoms with Gasteiger partial charge in [-0.15, -0.1) is 0 Å². The fraction of sp³-hybridized carbons (Fsp3) is 0.188. The number of hydrogen-bond donors (Lipinski definition) is 0. The number of hydrogen-bond acceptors (Lipinski definition) is 3. The Hall–Kier alpha value is -1.84. The zero-order chi connectivity index (χ0) is 14.4. The second-order valence-electron chi connectivity index (χ2n) is 4.26. The molecule has 4 heteroatoms. The topological polar surface area (TPSA) is 35.5 Å². The van der Waals surface area contributed by atoms with Gasteiger partial charge in [0.1, 0.15) is 11.5 Å². The average molecular weight is 291 g/mol. The van der Waals surface area contributed by atoms with Crippen molar-refractivity contribution < 1.29 is 14.3 Å². The van der Waals surface area contributed by atoms with E-state index in [1.54, 1.807) is 25.3 Å². The summed E-state index contributed by atoms with van der Waals surface area (Å²) in [5, 5.41) is 0.384. The first-order chi connectivity index (χ1) is 9.74. The number of halogens is 1. The number of aldehydes is 1. The molecule has 0 aliphatic rings. The van der Waals surface area contributed by atoms with Gasteiger partial charge in [-0.05, 0) is 36.2 Å². The van der Waals surface area contributed by atoms with Crippen molar-refractivity contribution in [2.24, 2.45) is 0 Å². The molecule has 20 heavy (non-hydrogen) atoms. The highest BCUT2D eigenvalue weighted by Gasteiger charge is 2.08. The zero-order valence-corrected chi connectivity index (χ0v) is 11.9. The summed E-state index contributed by atoms with van der Waals surface area (Å²) in [7, 11) is 1.68. The lowest BCUT2D eigenvalue weighted by Crippen LogP contribution is -1.95. The summed E-state index contributed by atoms with van der Waals surface area (Å²) in [6.45, 7) is 0.684. The number of rotatable bonds is 6. The summed E-state index contributed by atoms with van der Waals surface area (Å²) in [5.74, 6) is 1.12. The molecule has 0 spiro atoms. The zero-order valence-electron chi connectivity index (χ0n) is 11.1. The molecule has 0 aliphatic heterocycles. The van der Waals surface area contributed by atoms with Crippen LogP contribution in [0.5, 0.6) is 11.5 Å². The Morgan fingerprint density at radius 2 is 1.90 bits per heavy atom. The second kappa shape index (κ2) is 7.08. The molecule has 0 heterocycles. The molecule has 0 atom stereocenters. The molecule has 0 saturated heterocycles. The predicted octanol–water partition coefficient (Wildman–Crippen LogP) is 4.13. The molecule has 2 aromatic carbocycles. The first-order valence-electron chi connectivity index (χ1n) is 6.24. The molecule has 3 nitrogen and oxygen atoms in total. The van der Waals surface area contributed by atoms with Crippen LogP contribution in [0.4, 0.5) is 0 Å². The number of carbonyl (C=O) groups is 1. The lowest BCUT2D eigenvalue weighted by molar-refractivity contribution is 0.112. The van der Waals surface area contributed by atoms with Crippen LogP contribution >= 0.6 is 11.6 Å². The Kier molecular flexibility index (Phi) is 5.16. The van der Waals surface area contributed by atoms with Crippen LogP contribution in [0.1, 0.15) is 15.9 Å². The van der Waals surface area contributed by atoms with Crippen molar-refractivity contribution in [3.8, 4) is 11.5 Å². The standard InChI is InChI=1S/C16H15ClO3/c1-19-10-9-12-5-7-13(8-6-12)20-16-4-2-3-15(17)14(16)11-18/h2-8,11H,9-10H2,1H3. The van der Waals surface area contributed by atoms with E-state index in [9.17, 15) is 4.79 Å². The molecule has 2 aromatic rings. The van der Waals surface area contributed by atoms with E-state index in [-0.39, 0.29) is 0 Å². The Bertz CT molecular complexity index is 579. The normalized spacial score (nSPS) is 10.3. The molecule has 0 amide bonds. The third-order valence-electron chi connectivity index (χ3n) is 2.88. The van der Waals surface area contributed by atoms with Gasteiger partial charge in [0.05, 0.1) is 17.2 Å². The van der Waals surface area contributed by atoms with E-state index in [1.165, 1.54) is 5.56 Å². The lowest BCUT2D eigenvalue weighted by atomic mass is 10.1. The van der Waals surface area contributed by atoms with Gasteiger partial charge in [-0.3, -0.25) is 4.79 Å². The van der Waals surface area contributed by atoms with Crippen molar-refractivity contribution in [3.05, 3.63) is 58.6 Å². The van der Waals surface area contributed by atoms with Gasteiger partial charge in [0.25, 0.3) is 0 Å². The predicted molar refractivity (Wildman–Crippen MR) is 78.9 cm³/mol. The van der Waals surface area contributed by atoms with E-state index in [2.05, 4.69) is 0 Å². The van der Waals surface area contributed by atoms with Crippen LogP contribution < -0.4 is 4.74 Å². The summed E-state index contributed by atoms with van der Waals surface area (Å²) in [4.78, 5) is 11.0. The quantitative estimate of drug-likeness (QED) is 0.750. The van der Waals surface area contributed by atoms with Crippen LogP contribution in [0.2, 0.25) is 5.02 Å². The van der Waals surface area contributed by atoms with Crippen LogP contribution in [0.25, 0.3) is 0 Å². The van der Waals surface area contributed by atoms with Crippen LogP contribution in [-0.2, 0) is 11.2 Å². The molecule has 0 unspecified atom stereocenters. The molecule has 2 rings (SSSR count). The molecular formula is C16H15ClO3. The van der Waals surface area contributed by atoms with E-state index in [0.29, 0.717) is 35.0 Å². The SMILES string of the molecule is COCCc1ccc(Oc2cccc(Cl)c2C=O)cc1. The van der Waals surface area contributed by atoms with Gasteiger partial charge < -0.3 is 9.47 Å². The Morgan fingerprint density at radius 1 is 1.15 bits per heavy atom. The van der Waals surface area contributed by atoms with Gasteiger partial charge in [0.2, 0.25) is 0 Å². The molecule has 0 radical (unpaired) electrons. The van der Waals surface area contributed by atoms with Crippen molar-refractivity contribution in [2.45, 2.75) is 6.42 Å². The highest BCUT2D eigenvalue weighted by Crippen LogP contribution is 2.29. The van der Waals surface area contributed by atoms with Crippen LogP contribution in [0, 0.1) is 0 Å². The van der Waals surface area contributed by atoms with Gasteiger partial charge in [0, 0.05) is 7.11 Å². The van der Waals surface area contributed by atoms with Crippen molar-refractivity contribution in [1.29, 1.82) is 0 Å². The minimum atomic E-state index is 0.359. The molecule has 0 aliphatic carbocycles. The number of methoxy groups -OCH3 is 1. The molecule has 0 fully saturated rings. The second-order valence-corrected chi connectivity index (χ2v) is 4.67.